The fraction of sp³-hybridized carbons (Fsp3) is 0.500. The number of phenolic OH excluding ortho intramolecular Hbond substituents is 1. The number of phenols is 1. The van der Waals surface area contributed by atoms with Gasteiger partial charge in [-0.3, -0.25) is 19.2 Å². The van der Waals surface area contributed by atoms with Gasteiger partial charge < -0.3 is 15.2 Å². The van der Waals surface area contributed by atoms with Crippen molar-refractivity contribution in [2.24, 2.45) is 5.92 Å². The van der Waals surface area contributed by atoms with Crippen LogP contribution in [0, 0.1) is 5.92 Å². The lowest BCUT2D eigenvalue weighted by molar-refractivity contribution is -0.140. The van der Waals surface area contributed by atoms with Gasteiger partial charge in [-0.05, 0) is 36.5 Å². The number of esters is 1. The van der Waals surface area contributed by atoms with Crippen LogP contribution >= 0.6 is 0 Å². The van der Waals surface area contributed by atoms with E-state index in [1.165, 1.54) is 20.0 Å². The average Bonchev–Trinajstić information content (AvgIpc) is 3.48. The molecule has 2 heterocycles. The summed E-state index contributed by atoms with van der Waals surface area (Å²) in [7, 11) is 1.33. The second-order valence-corrected chi connectivity index (χ2v) is 8.11. The smallest absolute Gasteiger partial charge is 0.307 e. The number of ether oxygens (including phenoxy) is 1. The molecule has 1 aromatic carbocycles. The minimum absolute atomic E-state index is 0.136. The molecule has 160 valence electrons. The van der Waals surface area contributed by atoms with E-state index in [0.717, 1.165) is 36.3 Å². The molecule has 1 saturated carbocycles. The van der Waals surface area contributed by atoms with Crippen molar-refractivity contribution in [3.05, 3.63) is 46.8 Å². The lowest BCUT2D eigenvalue weighted by atomic mass is 10.0. The van der Waals surface area contributed by atoms with Gasteiger partial charge in [0, 0.05) is 50.4 Å². The number of rotatable bonds is 8. The molecule has 8 heteroatoms. The summed E-state index contributed by atoms with van der Waals surface area (Å²) in [5.41, 5.74) is 3.61. The minimum Gasteiger partial charge on any atom is -0.508 e. The number of fused-ring (bicyclic) bond motifs is 1. The van der Waals surface area contributed by atoms with E-state index in [-0.39, 0.29) is 30.6 Å². The molecule has 2 aliphatic rings. The Kier molecular flexibility index (Phi) is 6.03. The lowest BCUT2D eigenvalue weighted by Crippen LogP contribution is -2.33. The van der Waals surface area contributed by atoms with E-state index in [1.54, 1.807) is 12.1 Å². The summed E-state index contributed by atoms with van der Waals surface area (Å²) in [4.78, 5) is 26.4. The van der Waals surface area contributed by atoms with Crippen LogP contribution in [-0.2, 0) is 35.6 Å². The second-order valence-electron chi connectivity index (χ2n) is 8.11. The maximum atomic E-state index is 12.8. The van der Waals surface area contributed by atoms with Crippen LogP contribution < -0.4 is 5.32 Å². The van der Waals surface area contributed by atoms with E-state index in [4.69, 9.17) is 0 Å². The maximum Gasteiger partial charge on any atom is 0.307 e. The molecule has 1 aliphatic heterocycles. The van der Waals surface area contributed by atoms with E-state index in [1.807, 2.05) is 16.8 Å². The normalized spacial score (nSPS) is 16.2. The molecule has 0 spiro atoms. The Hall–Kier alpha value is -2.87. The van der Waals surface area contributed by atoms with Crippen LogP contribution in [0.5, 0.6) is 5.75 Å². The molecule has 0 radical (unpaired) electrons. The molecular formula is C22H28N4O4. The van der Waals surface area contributed by atoms with Crippen molar-refractivity contribution in [1.29, 1.82) is 0 Å². The van der Waals surface area contributed by atoms with E-state index < -0.39 is 0 Å². The zero-order valence-electron chi connectivity index (χ0n) is 17.3. The third-order valence-corrected chi connectivity index (χ3v) is 5.72. The molecule has 0 unspecified atom stereocenters. The highest BCUT2D eigenvalue weighted by Crippen LogP contribution is 2.33. The Balaban J connectivity index is 1.50. The fourth-order valence-electron chi connectivity index (χ4n) is 3.94. The molecule has 8 nitrogen and oxygen atoms in total. The van der Waals surface area contributed by atoms with Gasteiger partial charge in [-0.2, -0.15) is 5.10 Å². The SMILES string of the molecule is COC(=O)CCNC(=O)c1nn(CC2CC2)c2c1CN(Cc1cccc(O)c1)CC2. The largest absolute Gasteiger partial charge is 0.508 e. The number of amides is 1. The van der Waals surface area contributed by atoms with Crippen molar-refractivity contribution in [3.63, 3.8) is 0 Å². The summed E-state index contributed by atoms with van der Waals surface area (Å²) < 4.78 is 6.65. The first-order chi connectivity index (χ1) is 14.5. The van der Waals surface area contributed by atoms with Gasteiger partial charge in [0.25, 0.3) is 5.91 Å². The van der Waals surface area contributed by atoms with Crippen LogP contribution in [0.4, 0.5) is 0 Å². The van der Waals surface area contributed by atoms with Gasteiger partial charge in [0.2, 0.25) is 0 Å². The first kappa shape index (κ1) is 20.4. The molecule has 4 rings (SSSR count). The number of aromatic nitrogens is 2. The number of nitrogens with zero attached hydrogens (tertiary/aromatic N) is 3. The second kappa shape index (κ2) is 8.87. The third kappa shape index (κ3) is 4.81. The number of hydrogen-bond acceptors (Lipinski definition) is 6. The van der Waals surface area contributed by atoms with Crippen molar-refractivity contribution in [3.8, 4) is 5.75 Å². The van der Waals surface area contributed by atoms with Gasteiger partial charge in [0.15, 0.2) is 5.69 Å². The summed E-state index contributed by atoms with van der Waals surface area (Å²) in [6.45, 7) is 3.30. The van der Waals surface area contributed by atoms with E-state index in [9.17, 15) is 14.7 Å². The summed E-state index contributed by atoms with van der Waals surface area (Å²) in [6, 6.07) is 7.27. The summed E-state index contributed by atoms with van der Waals surface area (Å²) in [5.74, 6) is 0.320. The average molecular weight is 412 g/mol. The predicted molar refractivity (Wildman–Crippen MR) is 110 cm³/mol. The number of nitrogens with one attached hydrogen (secondary N) is 1. The lowest BCUT2D eigenvalue weighted by Gasteiger charge is -2.27. The van der Waals surface area contributed by atoms with Crippen LogP contribution in [0.15, 0.2) is 24.3 Å². The number of carbonyl (C=O) groups is 2. The first-order valence-corrected chi connectivity index (χ1v) is 10.5. The van der Waals surface area contributed by atoms with Crippen LogP contribution in [-0.4, -0.2) is 51.9 Å². The van der Waals surface area contributed by atoms with Gasteiger partial charge in [0.1, 0.15) is 5.75 Å². The molecule has 1 amide bonds. The molecule has 1 aliphatic carbocycles. The Bertz CT molecular complexity index is 935. The standard InChI is InChI=1S/C22H28N4O4/c1-30-20(28)7-9-23-22(29)21-18-14-25(12-16-3-2-4-17(27)11-16)10-8-19(18)26(24-21)13-15-5-6-15/h2-4,11,15,27H,5-10,12-14H2,1H3,(H,23,29). The molecule has 0 atom stereocenters. The third-order valence-electron chi connectivity index (χ3n) is 5.72. The van der Waals surface area contributed by atoms with Gasteiger partial charge in [0.05, 0.1) is 13.5 Å². The van der Waals surface area contributed by atoms with Gasteiger partial charge in [-0.15, -0.1) is 0 Å². The van der Waals surface area contributed by atoms with E-state index in [0.29, 0.717) is 24.7 Å². The van der Waals surface area contributed by atoms with Crippen molar-refractivity contribution in [2.75, 3.05) is 20.2 Å². The number of benzene rings is 1. The molecule has 1 fully saturated rings. The zero-order valence-corrected chi connectivity index (χ0v) is 17.3. The van der Waals surface area contributed by atoms with Crippen molar-refractivity contribution in [1.82, 2.24) is 20.0 Å². The number of aromatic hydroxyl groups is 1. The van der Waals surface area contributed by atoms with Crippen molar-refractivity contribution in [2.45, 2.75) is 45.3 Å². The van der Waals surface area contributed by atoms with Crippen LogP contribution in [0.3, 0.4) is 0 Å². The molecule has 30 heavy (non-hydrogen) atoms. The molecule has 1 aromatic heterocycles. The Morgan fingerprint density at radius 3 is 2.90 bits per heavy atom. The first-order valence-electron chi connectivity index (χ1n) is 10.5. The van der Waals surface area contributed by atoms with Crippen molar-refractivity contribution >= 4 is 11.9 Å². The number of carbonyl (C=O) groups excluding carboxylic acids is 2. The van der Waals surface area contributed by atoms with Gasteiger partial charge in [-0.25, -0.2) is 0 Å². The summed E-state index contributed by atoms with van der Waals surface area (Å²) in [6.07, 6.45) is 3.41. The topological polar surface area (TPSA) is 96.7 Å². The number of methoxy groups -OCH3 is 1. The van der Waals surface area contributed by atoms with Gasteiger partial charge in [-0.1, -0.05) is 12.1 Å². The molecule has 2 aromatic rings. The highest BCUT2D eigenvalue weighted by atomic mass is 16.5. The monoisotopic (exact) mass is 412 g/mol. The van der Waals surface area contributed by atoms with E-state index in [2.05, 4.69) is 20.1 Å². The van der Waals surface area contributed by atoms with Crippen LogP contribution in [0.1, 0.15) is 46.6 Å². The van der Waals surface area contributed by atoms with Crippen LogP contribution in [0.2, 0.25) is 0 Å². The predicted octanol–water partition coefficient (Wildman–Crippen LogP) is 1.85. The molecule has 0 bridgehead atoms. The fourth-order valence-corrected chi connectivity index (χ4v) is 3.94. The zero-order chi connectivity index (χ0) is 21.1. The quantitative estimate of drug-likeness (QED) is 0.643. The molecular weight excluding hydrogens is 384 g/mol. The minimum atomic E-state index is -0.353. The summed E-state index contributed by atoms with van der Waals surface area (Å²) in [5, 5.41) is 17.2. The van der Waals surface area contributed by atoms with E-state index >= 15 is 0 Å². The maximum absolute atomic E-state index is 12.8. The Morgan fingerprint density at radius 2 is 2.17 bits per heavy atom. The van der Waals surface area contributed by atoms with Crippen LogP contribution in [0.25, 0.3) is 0 Å². The van der Waals surface area contributed by atoms with Gasteiger partial charge >= 0.3 is 5.97 Å². The molecule has 0 saturated heterocycles. The number of hydrogen-bond donors (Lipinski definition) is 2. The highest BCUT2D eigenvalue weighted by Gasteiger charge is 2.31. The van der Waals surface area contributed by atoms with Crippen molar-refractivity contribution < 1.29 is 19.4 Å². The molecule has 2 N–H and O–H groups in total. The Labute approximate surface area is 175 Å². The Morgan fingerprint density at radius 1 is 1.33 bits per heavy atom. The highest BCUT2D eigenvalue weighted by molar-refractivity contribution is 5.94. The summed E-state index contributed by atoms with van der Waals surface area (Å²) >= 11 is 0.